The van der Waals surface area contributed by atoms with Crippen molar-refractivity contribution in [3.8, 4) is 0 Å². The van der Waals surface area contributed by atoms with Gasteiger partial charge in [0.15, 0.2) is 0 Å². The lowest BCUT2D eigenvalue weighted by Crippen LogP contribution is -2.37. The molecule has 4 nitrogen and oxygen atoms in total. The number of likely N-dealkylation sites (N-methyl/N-ethyl adjacent to an activating group) is 1. The minimum Gasteiger partial charge on any atom is -0.378 e. The van der Waals surface area contributed by atoms with E-state index in [0.29, 0.717) is 12.1 Å². The minimum atomic E-state index is 0.523. The Hall–Kier alpha value is -0.870. The van der Waals surface area contributed by atoms with Crippen molar-refractivity contribution in [1.29, 1.82) is 0 Å². The zero-order valence-electron chi connectivity index (χ0n) is 12.4. The third-order valence-corrected chi connectivity index (χ3v) is 4.11. The largest absolute Gasteiger partial charge is 0.378 e. The number of hydrogen-bond acceptors (Lipinski definition) is 3. The van der Waals surface area contributed by atoms with E-state index >= 15 is 0 Å². The van der Waals surface area contributed by atoms with Gasteiger partial charge in [-0.1, -0.05) is 0 Å². The predicted molar refractivity (Wildman–Crippen MR) is 77.2 cm³/mol. The smallest absolute Gasteiger partial charge is 0.0580 e. The van der Waals surface area contributed by atoms with Crippen LogP contribution in [0, 0.1) is 5.92 Å². The van der Waals surface area contributed by atoms with Crippen LogP contribution in [0.5, 0.6) is 0 Å². The first-order valence-electron chi connectivity index (χ1n) is 7.55. The van der Waals surface area contributed by atoms with Crippen LogP contribution in [-0.4, -0.2) is 35.6 Å². The second-order valence-corrected chi connectivity index (χ2v) is 5.54. The van der Waals surface area contributed by atoms with Crippen molar-refractivity contribution in [1.82, 2.24) is 15.1 Å². The number of rotatable bonds is 8. The Kier molecular flexibility index (Phi) is 5.40. The molecular formula is C15H27N3O. The number of nitrogens with one attached hydrogen (secondary N) is 1. The van der Waals surface area contributed by atoms with Gasteiger partial charge in [0, 0.05) is 25.4 Å². The third kappa shape index (κ3) is 4.05. The van der Waals surface area contributed by atoms with Gasteiger partial charge in [-0.15, -0.1) is 0 Å². The van der Waals surface area contributed by atoms with Crippen LogP contribution in [0.25, 0.3) is 0 Å². The van der Waals surface area contributed by atoms with Gasteiger partial charge in [0.05, 0.1) is 12.3 Å². The molecule has 1 aromatic heterocycles. The van der Waals surface area contributed by atoms with Crippen LogP contribution >= 0.6 is 0 Å². The highest BCUT2D eigenvalue weighted by atomic mass is 16.5. The Morgan fingerprint density at radius 1 is 1.47 bits per heavy atom. The van der Waals surface area contributed by atoms with Gasteiger partial charge >= 0.3 is 0 Å². The van der Waals surface area contributed by atoms with Gasteiger partial charge in [-0.25, -0.2) is 0 Å². The number of aryl methyl sites for hydroxylation is 1. The second-order valence-electron chi connectivity index (χ2n) is 5.54. The fraction of sp³-hybridized carbons (Fsp3) is 0.800. The molecule has 1 heterocycles. The third-order valence-electron chi connectivity index (χ3n) is 4.11. The Balaban J connectivity index is 1.75. The van der Waals surface area contributed by atoms with Crippen molar-refractivity contribution in [3.63, 3.8) is 0 Å². The Morgan fingerprint density at radius 2 is 2.26 bits per heavy atom. The highest BCUT2D eigenvalue weighted by Crippen LogP contribution is 2.33. The maximum Gasteiger partial charge on any atom is 0.0580 e. The van der Waals surface area contributed by atoms with Crippen molar-refractivity contribution in [3.05, 3.63) is 18.0 Å². The molecule has 0 spiro atoms. The first kappa shape index (κ1) is 14.5. The zero-order chi connectivity index (χ0) is 13.7. The highest BCUT2D eigenvalue weighted by molar-refractivity contribution is 5.06. The number of nitrogens with zero attached hydrogens (tertiary/aromatic N) is 2. The van der Waals surface area contributed by atoms with E-state index in [-0.39, 0.29) is 0 Å². The Labute approximate surface area is 116 Å². The van der Waals surface area contributed by atoms with Crippen LogP contribution < -0.4 is 5.32 Å². The van der Waals surface area contributed by atoms with Crippen molar-refractivity contribution in [2.75, 3.05) is 13.7 Å². The van der Waals surface area contributed by atoms with Crippen LogP contribution in [-0.2, 0) is 17.7 Å². The van der Waals surface area contributed by atoms with Crippen LogP contribution in [0.15, 0.2) is 12.4 Å². The van der Waals surface area contributed by atoms with Crippen LogP contribution in [0.4, 0.5) is 0 Å². The molecule has 108 valence electrons. The van der Waals surface area contributed by atoms with Crippen molar-refractivity contribution in [2.45, 2.75) is 58.2 Å². The molecule has 1 aromatic rings. The Bertz CT molecular complexity index is 371. The van der Waals surface area contributed by atoms with Crippen molar-refractivity contribution >= 4 is 0 Å². The van der Waals surface area contributed by atoms with E-state index < -0.39 is 0 Å². The molecule has 0 aliphatic heterocycles. The summed E-state index contributed by atoms with van der Waals surface area (Å²) in [6.07, 6.45) is 9.48. The molecule has 0 aromatic carbocycles. The first-order valence-corrected chi connectivity index (χ1v) is 7.55. The lowest BCUT2D eigenvalue weighted by atomic mass is 9.77. The summed E-state index contributed by atoms with van der Waals surface area (Å²) >= 11 is 0. The Morgan fingerprint density at radius 3 is 2.84 bits per heavy atom. The molecule has 19 heavy (non-hydrogen) atoms. The van der Waals surface area contributed by atoms with E-state index in [1.807, 2.05) is 10.9 Å². The molecule has 1 aliphatic rings. The molecule has 1 atom stereocenters. The summed E-state index contributed by atoms with van der Waals surface area (Å²) in [6, 6.07) is 0.557. The lowest BCUT2D eigenvalue weighted by molar-refractivity contribution is -0.0288. The van der Waals surface area contributed by atoms with Gasteiger partial charge in [0.25, 0.3) is 0 Å². The topological polar surface area (TPSA) is 39.1 Å². The van der Waals surface area contributed by atoms with Gasteiger partial charge in [0.1, 0.15) is 0 Å². The van der Waals surface area contributed by atoms with E-state index in [9.17, 15) is 0 Å². The molecular weight excluding hydrogens is 238 g/mol. The van der Waals surface area contributed by atoms with Crippen molar-refractivity contribution < 1.29 is 4.74 Å². The number of aromatic nitrogens is 2. The van der Waals surface area contributed by atoms with E-state index in [1.165, 1.54) is 24.8 Å². The summed E-state index contributed by atoms with van der Waals surface area (Å²) < 4.78 is 7.62. The van der Waals surface area contributed by atoms with E-state index in [4.69, 9.17) is 4.74 Å². The monoisotopic (exact) mass is 265 g/mol. The summed E-state index contributed by atoms with van der Waals surface area (Å²) in [5.41, 5.74) is 1.34. The fourth-order valence-electron chi connectivity index (χ4n) is 2.91. The summed E-state index contributed by atoms with van der Waals surface area (Å²) in [6.45, 7) is 6.00. The molecule has 4 heteroatoms. The standard InChI is InChI=1S/C15H27N3O/c1-4-18-11-13(10-17-18)7-14(16-3)6-12-8-15(9-12)19-5-2/h10-12,14-16H,4-9H2,1-3H3. The minimum absolute atomic E-state index is 0.523. The zero-order valence-corrected chi connectivity index (χ0v) is 12.4. The fourth-order valence-corrected chi connectivity index (χ4v) is 2.91. The quantitative estimate of drug-likeness (QED) is 0.783. The van der Waals surface area contributed by atoms with E-state index in [1.54, 1.807) is 0 Å². The summed E-state index contributed by atoms with van der Waals surface area (Å²) in [4.78, 5) is 0. The molecule has 1 unspecified atom stereocenters. The van der Waals surface area contributed by atoms with E-state index in [2.05, 4.69) is 37.5 Å². The molecule has 0 radical (unpaired) electrons. The molecule has 1 N–H and O–H groups in total. The molecule has 1 saturated carbocycles. The van der Waals surface area contributed by atoms with Gasteiger partial charge in [-0.2, -0.15) is 5.10 Å². The summed E-state index contributed by atoms with van der Waals surface area (Å²) in [5.74, 6) is 0.829. The van der Waals surface area contributed by atoms with Crippen LogP contribution in [0.1, 0.15) is 38.7 Å². The lowest BCUT2D eigenvalue weighted by Gasteiger charge is -2.37. The number of hydrogen-bond donors (Lipinski definition) is 1. The average molecular weight is 265 g/mol. The van der Waals surface area contributed by atoms with Gasteiger partial charge in [-0.3, -0.25) is 4.68 Å². The van der Waals surface area contributed by atoms with E-state index in [0.717, 1.165) is 25.5 Å². The first-order chi connectivity index (χ1) is 9.25. The molecule has 1 fully saturated rings. The SMILES string of the molecule is CCOC1CC(CC(Cc2cnn(CC)c2)NC)C1. The maximum atomic E-state index is 5.63. The highest BCUT2D eigenvalue weighted by Gasteiger charge is 2.31. The second kappa shape index (κ2) is 7.06. The number of ether oxygens (including phenoxy) is 1. The molecule has 0 amide bonds. The average Bonchev–Trinajstić information content (AvgIpc) is 2.82. The summed E-state index contributed by atoms with van der Waals surface area (Å²) in [5, 5.41) is 7.79. The van der Waals surface area contributed by atoms with Crippen LogP contribution in [0.2, 0.25) is 0 Å². The van der Waals surface area contributed by atoms with Gasteiger partial charge < -0.3 is 10.1 Å². The normalized spacial score (nSPS) is 24.2. The van der Waals surface area contributed by atoms with Gasteiger partial charge in [0.2, 0.25) is 0 Å². The summed E-state index contributed by atoms with van der Waals surface area (Å²) in [7, 11) is 2.06. The molecule has 1 aliphatic carbocycles. The molecule has 2 rings (SSSR count). The van der Waals surface area contributed by atoms with Crippen LogP contribution in [0.3, 0.4) is 0 Å². The molecule has 0 bridgehead atoms. The molecule has 0 saturated heterocycles. The predicted octanol–water partition coefficient (Wildman–Crippen LogP) is 2.24. The maximum absolute atomic E-state index is 5.63. The van der Waals surface area contributed by atoms with Crippen molar-refractivity contribution in [2.24, 2.45) is 5.92 Å². The van der Waals surface area contributed by atoms with Gasteiger partial charge in [-0.05, 0) is 58.1 Å².